The molecule has 1 rings (SSSR count). The average Bonchev–Trinajstić information content (AvgIpc) is 2.70. The number of amides is 2. The van der Waals surface area contributed by atoms with E-state index >= 15 is 0 Å². The molecule has 6 nitrogen and oxygen atoms in total. The molecule has 0 radical (unpaired) electrons. The first-order chi connectivity index (χ1) is 10.4. The number of Topliss-reactive ketones (excluding diaryl/α,β-unsaturated/α-hetero) is 1. The summed E-state index contributed by atoms with van der Waals surface area (Å²) in [5.41, 5.74) is 0. The Kier molecular flexibility index (Phi) is 5.93. The van der Waals surface area contributed by atoms with E-state index in [4.69, 9.17) is 9.16 Å². The van der Waals surface area contributed by atoms with Crippen molar-refractivity contribution in [3.8, 4) is 0 Å². The normalized spacial score (nSPS) is 22.0. The lowest BCUT2D eigenvalue weighted by atomic mass is 10.1. The van der Waals surface area contributed by atoms with Gasteiger partial charge >= 0.3 is 6.09 Å². The Morgan fingerprint density at radius 1 is 1.39 bits per heavy atom. The highest BCUT2D eigenvalue weighted by Crippen LogP contribution is 2.37. The standard InChI is InChI=1S/C16H27NO5Si/c1-8-13-12(10-21-23(6,7)16(3,4)5)17(15(20)22-13)14(19)9-11(2)18/h8,12-13H,1,9-10H2,2-7H3/t12-,13?/m1/s1. The van der Waals surface area contributed by atoms with Crippen LogP contribution >= 0.6 is 0 Å². The second-order valence-corrected chi connectivity index (χ2v) is 12.2. The zero-order chi connectivity index (χ0) is 18.0. The first kappa shape index (κ1) is 19.6. The smallest absolute Gasteiger partial charge is 0.417 e. The van der Waals surface area contributed by atoms with Crippen LogP contribution in [-0.4, -0.2) is 49.8 Å². The Bertz CT molecular complexity index is 509. The molecule has 130 valence electrons. The average molecular weight is 341 g/mol. The Labute approximate surface area is 138 Å². The van der Waals surface area contributed by atoms with Crippen LogP contribution in [0.5, 0.6) is 0 Å². The third-order valence-electron chi connectivity index (χ3n) is 4.47. The highest BCUT2D eigenvalue weighted by Gasteiger charge is 2.46. The molecule has 1 saturated heterocycles. The Morgan fingerprint density at radius 3 is 2.39 bits per heavy atom. The molecule has 0 N–H and O–H groups in total. The third-order valence-corrected chi connectivity index (χ3v) is 8.97. The predicted octanol–water partition coefficient (Wildman–Crippen LogP) is 2.89. The second kappa shape index (κ2) is 6.96. The number of hydrogen-bond acceptors (Lipinski definition) is 5. The molecule has 2 atom stereocenters. The fourth-order valence-electron chi connectivity index (χ4n) is 2.00. The van der Waals surface area contributed by atoms with E-state index < -0.39 is 32.5 Å². The molecule has 1 aliphatic heterocycles. The van der Waals surface area contributed by atoms with Crippen LogP contribution < -0.4 is 0 Å². The maximum Gasteiger partial charge on any atom is 0.417 e. The first-order valence-corrected chi connectivity index (χ1v) is 10.6. The van der Waals surface area contributed by atoms with E-state index in [1.54, 1.807) is 0 Å². The third kappa shape index (κ3) is 4.51. The van der Waals surface area contributed by atoms with Gasteiger partial charge in [0.15, 0.2) is 8.32 Å². The number of hydrogen-bond donors (Lipinski definition) is 0. The quantitative estimate of drug-likeness (QED) is 0.422. The van der Waals surface area contributed by atoms with Gasteiger partial charge in [0.2, 0.25) is 5.91 Å². The van der Waals surface area contributed by atoms with Gasteiger partial charge in [-0.2, -0.15) is 0 Å². The van der Waals surface area contributed by atoms with Crippen molar-refractivity contribution in [3.05, 3.63) is 12.7 Å². The zero-order valence-electron chi connectivity index (χ0n) is 14.8. The van der Waals surface area contributed by atoms with Crippen molar-refractivity contribution in [2.45, 2.75) is 64.4 Å². The highest BCUT2D eigenvalue weighted by molar-refractivity contribution is 6.74. The van der Waals surface area contributed by atoms with Crippen LogP contribution in [0.15, 0.2) is 12.7 Å². The maximum atomic E-state index is 12.2. The molecule has 7 heteroatoms. The fraction of sp³-hybridized carbons (Fsp3) is 0.688. The SMILES string of the molecule is C=CC1OC(=O)N(C(=O)CC(C)=O)[C@@H]1CO[Si](C)(C)C(C)(C)C. The maximum absolute atomic E-state index is 12.2. The number of carbonyl (C=O) groups is 3. The number of rotatable bonds is 6. The second-order valence-electron chi connectivity index (χ2n) is 7.37. The molecule has 2 amide bonds. The lowest BCUT2D eigenvalue weighted by molar-refractivity contribution is -0.133. The molecule has 0 aromatic heterocycles. The van der Waals surface area contributed by atoms with Crippen molar-refractivity contribution in [1.29, 1.82) is 0 Å². The van der Waals surface area contributed by atoms with Gasteiger partial charge < -0.3 is 9.16 Å². The van der Waals surface area contributed by atoms with E-state index in [2.05, 4.69) is 40.4 Å². The van der Waals surface area contributed by atoms with Gasteiger partial charge in [-0.3, -0.25) is 9.59 Å². The van der Waals surface area contributed by atoms with Gasteiger partial charge in [0.05, 0.1) is 13.0 Å². The molecule has 1 aliphatic rings. The number of ketones is 1. The molecule has 1 heterocycles. The summed E-state index contributed by atoms with van der Waals surface area (Å²) in [6, 6.07) is -0.582. The molecule has 1 unspecified atom stereocenters. The first-order valence-electron chi connectivity index (χ1n) is 7.69. The largest absolute Gasteiger partial charge is 0.439 e. The predicted molar refractivity (Wildman–Crippen MR) is 89.5 cm³/mol. The van der Waals surface area contributed by atoms with Crippen LogP contribution in [0.4, 0.5) is 4.79 Å². The van der Waals surface area contributed by atoms with E-state index in [0.717, 1.165) is 4.90 Å². The van der Waals surface area contributed by atoms with E-state index in [1.165, 1.54) is 13.0 Å². The fourth-order valence-corrected chi connectivity index (χ4v) is 3.02. The minimum atomic E-state index is -2.04. The van der Waals surface area contributed by atoms with Crippen molar-refractivity contribution >= 4 is 26.1 Å². The molecule has 0 bridgehead atoms. The molecule has 0 aliphatic carbocycles. The van der Waals surface area contributed by atoms with Crippen molar-refractivity contribution in [2.24, 2.45) is 0 Å². The lowest BCUT2D eigenvalue weighted by Gasteiger charge is -2.37. The van der Waals surface area contributed by atoms with Gasteiger partial charge in [-0.25, -0.2) is 9.69 Å². The van der Waals surface area contributed by atoms with Crippen LogP contribution in [0.25, 0.3) is 0 Å². The van der Waals surface area contributed by atoms with E-state index in [-0.39, 0.29) is 23.8 Å². The van der Waals surface area contributed by atoms with Crippen LogP contribution in [0.3, 0.4) is 0 Å². The minimum absolute atomic E-state index is 0.00830. The summed E-state index contributed by atoms with van der Waals surface area (Å²) in [4.78, 5) is 36.3. The Hall–Kier alpha value is -1.47. The van der Waals surface area contributed by atoms with Gasteiger partial charge in [-0.15, -0.1) is 0 Å². The van der Waals surface area contributed by atoms with Gasteiger partial charge in [-0.05, 0) is 31.1 Å². The van der Waals surface area contributed by atoms with E-state index in [1.807, 2.05) is 0 Å². The Morgan fingerprint density at radius 2 is 1.96 bits per heavy atom. The van der Waals surface area contributed by atoms with Gasteiger partial charge in [0.1, 0.15) is 17.9 Å². The van der Waals surface area contributed by atoms with Gasteiger partial charge in [0, 0.05) is 0 Å². The van der Waals surface area contributed by atoms with Crippen LogP contribution in [0.1, 0.15) is 34.1 Å². The van der Waals surface area contributed by atoms with Gasteiger partial charge in [0.25, 0.3) is 0 Å². The molecule has 23 heavy (non-hydrogen) atoms. The molecular weight excluding hydrogens is 314 g/mol. The van der Waals surface area contributed by atoms with Crippen LogP contribution in [0, 0.1) is 0 Å². The number of cyclic esters (lactones) is 1. The topological polar surface area (TPSA) is 72.9 Å². The summed E-state index contributed by atoms with van der Waals surface area (Å²) in [7, 11) is -2.04. The van der Waals surface area contributed by atoms with Crippen LogP contribution in [-0.2, 0) is 18.8 Å². The number of ether oxygens (including phenoxy) is 1. The Balaban J connectivity index is 2.93. The van der Waals surface area contributed by atoms with Crippen molar-refractivity contribution < 1.29 is 23.5 Å². The summed E-state index contributed by atoms with van der Waals surface area (Å²) < 4.78 is 11.3. The van der Waals surface area contributed by atoms with Crippen molar-refractivity contribution in [1.82, 2.24) is 4.90 Å². The van der Waals surface area contributed by atoms with E-state index in [0.29, 0.717) is 0 Å². The molecule has 1 fully saturated rings. The number of nitrogens with zero attached hydrogens (tertiary/aromatic N) is 1. The van der Waals surface area contributed by atoms with Crippen LogP contribution in [0.2, 0.25) is 18.1 Å². The molecule has 0 aromatic rings. The van der Waals surface area contributed by atoms with Gasteiger partial charge in [-0.1, -0.05) is 27.4 Å². The molecular formula is C16H27NO5Si. The molecule has 0 aromatic carbocycles. The number of carbonyl (C=O) groups excluding carboxylic acids is 3. The highest BCUT2D eigenvalue weighted by atomic mass is 28.4. The number of imide groups is 1. The molecule has 0 spiro atoms. The summed E-state index contributed by atoms with van der Waals surface area (Å²) in [6.45, 7) is 15.7. The van der Waals surface area contributed by atoms with E-state index in [9.17, 15) is 14.4 Å². The lowest BCUT2D eigenvalue weighted by Crippen LogP contribution is -2.49. The molecule has 0 saturated carbocycles. The summed E-state index contributed by atoms with van der Waals surface area (Å²) in [6.07, 6.45) is -0.207. The zero-order valence-corrected chi connectivity index (χ0v) is 15.8. The summed E-state index contributed by atoms with van der Waals surface area (Å²) in [5, 5.41) is 0.00830. The van der Waals surface area contributed by atoms with Crippen molar-refractivity contribution in [2.75, 3.05) is 6.61 Å². The monoisotopic (exact) mass is 341 g/mol. The minimum Gasteiger partial charge on any atom is -0.439 e. The summed E-state index contributed by atoms with van der Waals surface area (Å²) >= 11 is 0. The van der Waals surface area contributed by atoms with Crippen molar-refractivity contribution in [3.63, 3.8) is 0 Å². The summed E-state index contributed by atoms with van der Waals surface area (Å²) in [5.74, 6) is -0.857.